The van der Waals surface area contributed by atoms with E-state index in [4.69, 9.17) is 14.5 Å². The average molecular weight is 448 g/mol. The maximum atomic E-state index is 12.9. The summed E-state index contributed by atoms with van der Waals surface area (Å²) in [7, 11) is 0. The van der Waals surface area contributed by atoms with Gasteiger partial charge in [-0.2, -0.15) is 0 Å². The van der Waals surface area contributed by atoms with E-state index in [1.165, 1.54) is 0 Å². The van der Waals surface area contributed by atoms with Crippen LogP contribution in [0.1, 0.15) is 36.0 Å². The topological polar surface area (TPSA) is 80.8 Å². The van der Waals surface area contributed by atoms with Crippen molar-refractivity contribution in [3.8, 4) is 5.75 Å². The average Bonchev–Trinajstić information content (AvgIpc) is 2.85. The molecule has 4 rings (SSSR count). The Hall–Kier alpha value is -3.45. The Labute approximate surface area is 193 Å². The van der Waals surface area contributed by atoms with Crippen molar-refractivity contribution >= 4 is 22.7 Å². The number of hydrogen-bond acceptors (Lipinski definition) is 5. The van der Waals surface area contributed by atoms with Gasteiger partial charge in [0.05, 0.1) is 29.9 Å². The Balaban J connectivity index is 1.51. The smallest absolute Gasteiger partial charge is 0.260 e. The zero-order chi connectivity index (χ0) is 23.2. The lowest BCUT2D eigenvalue weighted by molar-refractivity contribution is -0.141. The van der Waals surface area contributed by atoms with E-state index in [2.05, 4.69) is 19.2 Å². The molecule has 0 saturated carbocycles. The summed E-state index contributed by atoms with van der Waals surface area (Å²) in [6.07, 6.45) is -0.416. The van der Waals surface area contributed by atoms with Gasteiger partial charge in [0.2, 0.25) is 0 Å². The molecule has 0 unspecified atom stereocenters. The predicted octanol–water partition coefficient (Wildman–Crippen LogP) is 3.60. The van der Waals surface area contributed by atoms with Crippen LogP contribution in [0, 0.1) is 5.92 Å². The second-order valence-corrected chi connectivity index (χ2v) is 8.52. The van der Waals surface area contributed by atoms with Gasteiger partial charge in [-0.05, 0) is 30.2 Å². The number of rotatable bonds is 7. The zero-order valence-corrected chi connectivity index (χ0v) is 19.0. The van der Waals surface area contributed by atoms with Crippen molar-refractivity contribution in [2.75, 3.05) is 32.8 Å². The fourth-order valence-corrected chi connectivity index (χ4v) is 3.75. The monoisotopic (exact) mass is 447 g/mol. The molecule has 33 heavy (non-hydrogen) atoms. The van der Waals surface area contributed by atoms with Gasteiger partial charge < -0.3 is 19.7 Å². The Morgan fingerprint density at radius 3 is 2.70 bits per heavy atom. The van der Waals surface area contributed by atoms with Gasteiger partial charge >= 0.3 is 0 Å². The second-order valence-electron chi connectivity index (χ2n) is 8.52. The largest absolute Gasteiger partial charge is 0.484 e. The summed E-state index contributed by atoms with van der Waals surface area (Å²) in [6.45, 7) is 5.90. The Bertz CT molecular complexity index is 1120. The molecule has 3 aromatic rings. The molecule has 1 N–H and O–H groups in total. The summed E-state index contributed by atoms with van der Waals surface area (Å²) >= 11 is 0. The number of morpholine rings is 1. The van der Waals surface area contributed by atoms with E-state index in [1.807, 2.05) is 54.6 Å². The number of nitrogens with one attached hydrogen (secondary N) is 1. The second kappa shape index (κ2) is 10.4. The van der Waals surface area contributed by atoms with Gasteiger partial charge in [0.25, 0.3) is 11.8 Å². The Kier molecular flexibility index (Phi) is 7.19. The maximum absolute atomic E-state index is 12.9. The first kappa shape index (κ1) is 22.7. The quantitative estimate of drug-likeness (QED) is 0.599. The van der Waals surface area contributed by atoms with Crippen LogP contribution in [0.3, 0.4) is 0 Å². The molecular weight excluding hydrogens is 418 g/mol. The number of carbonyl (C=O) groups excluding carboxylic acids is 2. The third-order valence-corrected chi connectivity index (χ3v) is 5.51. The molecule has 1 atom stereocenters. The fourth-order valence-electron chi connectivity index (χ4n) is 3.75. The molecule has 1 fully saturated rings. The number of hydrogen-bond donors (Lipinski definition) is 1. The van der Waals surface area contributed by atoms with Crippen molar-refractivity contribution < 1.29 is 19.1 Å². The van der Waals surface area contributed by atoms with Crippen LogP contribution in [0.25, 0.3) is 10.9 Å². The van der Waals surface area contributed by atoms with Crippen LogP contribution < -0.4 is 10.1 Å². The van der Waals surface area contributed by atoms with Crippen molar-refractivity contribution in [2.24, 2.45) is 5.92 Å². The van der Waals surface area contributed by atoms with E-state index >= 15 is 0 Å². The highest BCUT2D eigenvalue weighted by Crippen LogP contribution is 2.26. The van der Waals surface area contributed by atoms with E-state index in [1.54, 1.807) is 11.0 Å². The summed E-state index contributed by atoms with van der Waals surface area (Å²) in [6, 6.07) is 18.6. The number of amides is 2. The molecule has 0 bridgehead atoms. The van der Waals surface area contributed by atoms with Crippen molar-refractivity contribution in [2.45, 2.75) is 20.0 Å². The lowest BCUT2D eigenvalue weighted by Gasteiger charge is -2.33. The van der Waals surface area contributed by atoms with Crippen LogP contribution in [0.2, 0.25) is 0 Å². The predicted molar refractivity (Wildman–Crippen MR) is 126 cm³/mol. The number of benzene rings is 2. The molecule has 0 spiro atoms. The van der Waals surface area contributed by atoms with Crippen LogP contribution in [-0.4, -0.2) is 54.5 Å². The van der Waals surface area contributed by atoms with Gasteiger partial charge in [0, 0.05) is 18.5 Å². The van der Waals surface area contributed by atoms with Crippen LogP contribution in [-0.2, 0) is 9.53 Å². The van der Waals surface area contributed by atoms with Crippen molar-refractivity contribution in [3.05, 3.63) is 71.9 Å². The summed E-state index contributed by atoms with van der Waals surface area (Å²) in [5.74, 6) is 0.760. The standard InChI is InChI=1S/C26H29N3O4/c1-18(2)15-27-26(31)21-14-23(28-22-11-7-6-10-20(21)22)24-16-29(12-13-32-24)25(30)17-33-19-8-4-3-5-9-19/h3-11,14,18,24H,12-13,15-17H2,1-2H3,(H,27,31)/t24-/m1/s1. The molecule has 2 heterocycles. The first-order valence-electron chi connectivity index (χ1n) is 11.3. The van der Waals surface area contributed by atoms with Gasteiger partial charge in [0.15, 0.2) is 6.61 Å². The van der Waals surface area contributed by atoms with E-state index in [0.29, 0.717) is 49.2 Å². The molecule has 7 nitrogen and oxygen atoms in total. The van der Waals surface area contributed by atoms with E-state index in [-0.39, 0.29) is 18.4 Å². The highest BCUT2D eigenvalue weighted by Gasteiger charge is 2.28. The first-order valence-corrected chi connectivity index (χ1v) is 11.3. The highest BCUT2D eigenvalue weighted by molar-refractivity contribution is 6.06. The highest BCUT2D eigenvalue weighted by atomic mass is 16.5. The number of carbonyl (C=O) groups is 2. The van der Waals surface area contributed by atoms with Gasteiger partial charge in [0.1, 0.15) is 11.9 Å². The Morgan fingerprint density at radius 1 is 1.15 bits per heavy atom. The van der Waals surface area contributed by atoms with Crippen molar-refractivity contribution in [3.63, 3.8) is 0 Å². The molecule has 1 aliphatic rings. The molecule has 1 aliphatic heterocycles. The summed E-state index contributed by atoms with van der Waals surface area (Å²) in [5.41, 5.74) is 1.93. The van der Waals surface area contributed by atoms with E-state index < -0.39 is 6.10 Å². The molecule has 1 aromatic heterocycles. The van der Waals surface area contributed by atoms with Gasteiger partial charge in [-0.3, -0.25) is 9.59 Å². The third-order valence-electron chi connectivity index (χ3n) is 5.51. The van der Waals surface area contributed by atoms with Crippen LogP contribution in [0.15, 0.2) is 60.7 Å². The van der Waals surface area contributed by atoms with Crippen LogP contribution in [0.5, 0.6) is 5.75 Å². The number of fused-ring (bicyclic) bond motifs is 1. The lowest BCUT2D eigenvalue weighted by atomic mass is 10.0. The minimum Gasteiger partial charge on any atom is -0.484 e. The SMILES string of the molecule is CC(C)CNC(=O)c1cc([C@H]2CN(C(=O)COc3ccccc3)CCO2)nc2ccccc12. The number of para-hydroxylation sites is 2. The van der Waals surface area contributed by atoms with Gasteiger partial charge in [-0.15, -0.1) is 0 Å². The molecule has 1 saturated heterocycles. The number of nitrogens with zero attached hydrogens (tertiary/aromatic N) is 2. The van der Waals surface area contributed by atoms with Crippen molar-refractivity contribution in [1.29, 1.82) is 0 Å². The van der Waals surface area contributed by atoms with Gasteiger partial charge in [-0.25, -0.2) is 4.98 Å². The molecule has 0 radical (unpaired) electrons. The molecule has 172 valence electrons. The van der Waals surface area contributed by atoms with Gasteiger partial charge in [-0.1, -0.05) is 50.2 Å². The summed E-state index contributed by atoms with van der Waals surface area (Å²) in [4.78, 5) is 32.2. The summed E-state index contributed by atoms with van der Waals surface area (Å²) in [5, 5.41) is 3.79. The first-order chi connectivity index (χ1) is 16.0. The molecule has 0 aliphatic carbocycles. The summed E-state index contributed by atoms with van der Waals surface area (Å²) < 4.78 is 11.6. The lowest BCUT2D eigenvalue weighted by Crippen LogP contribution is -2.44. The fraction of sp³-hybridized carbons (Fsp3) is 0.346. The van der Waals surface area contributed by atoms with E-state index in [9.17, 15) is 9.59 Å². The number of ether oxygens (including phenoxy) is 2. The molecule has 2 amide bonds. The Morgan fingerprint density at radius 2 is 1.91 bits per heavy atom. The van der Waals surface area contributed by atoms with Crippen molar-refractivity contribution in [1.82, 2.24) is 15.2 Å². The van der Waals surface area contributed by atoms with E-state index in [0.717, 1.165) is 10.9 Å². The minimum atomic E-state index is -0.416. The third kappa shape index (κ3) is 5.68. The zero-order valence-electron chi connectivity index (χ0n) is 19.0. The molecular formula is C26H29N3O4. The van der Waals surface area contributed by atoms with Crippen LogP contribution >= 0.6 is 0 Å². The molecule has 7 heteroatoms. The maximum Gasteiger partial charge on any atom is 0.260 e. The normalized spacial score (nSPS) is 16.1. The number of aromatic nitrogens is 1. The molecule has 2 aromatic carbocycles. The number of pyridine rings is 1. The minimum absolute atomic E-state index is 0.0370. The van der Waals surface area contributed by atoms with Crippen LogP contribution in [0.4, 0.5) is 0 Å².